The van der Waals surface area contributed by atoms with Crippen molar-refractivity contribution in [2.45, 2.75) is 13.5 Å². The van der Waals surface area contributed by atoms with Crippen LogP contribution in [-0.4, -0.2) is 39.0 Å². The fourth-order valence-corrected chi connectivity index (χ4v) is 5.01. The third-order valence-electron chi connectivity index (χ3n) is 5.67. The Morgan fingerprint density at radius 2 is 1.94 bits per heavy atom. The molecule has 5 rings (SSSR count). The summed E-state index contributed by atoms with van der Waals surface area (Å²) in [6, 6.07) is 15.1. The van der Waals surface area contributed by atoms with Crippen LogP contribution in [0.3, 0.4) is 0 Å². The molecule has 3 heterocycles. The maximum Gasteiger partial charge on any atom is 0.336 e. The van der Waals surface area contributed by atoms with E-state index in [1.807, 2.05) is 60.0 Å². The zero-order chi connectivity index (χ0) is 22.2. The summed E-state index contributed by atoms with van der Waals surface area (Å²) in [7, 11) is 0. The zero-order valence-electron chi connectivity index (χ0n) is 17.4. The van der Waals surface area contributed by atoms with E-state index in [2.05, 4.69) is 11.8 Å². The Morgan fingerprint density at radius 1 is 1.16 bits per heavy atom. The third-order valence-corrected chi connectivity index (χ3v) is 6.83. The van der Waals surface area contributed by atoms with Crippen LogP contribution in [0.5, 0.6) is 0 Å². The predicted octanol–water partition coefficient (Wildman–Crippen LogP) is 6.09. The number of pyridine rings is 1. The van der Waals surface area contributed by atoms with Gasteiger partial charge in [0.1, 0.15) is 5.01 Å². The van der Waals surface area contributed by atoms with E-state index >= 15 is 0 Å². The van der Waals surface area contributed by atoms with Crippen LogP contribution in [0.4, 0.5) is 0 Å². The number of aromatic carboxylic acids is 1. The second-order valence-electron chi connectivity index (χ2n) is 7.69. The number of rotatable bonds is 4. The largest absolute Gasteiger partial charge is 0.478 e. The first kappa shape index (κ1) is 20.8. The van der Waals surface area contributed by atoms with Crippen LogP contribution < -0.4 is 0 Å². The Kier molecular flexibility index (Phi) is 5.51. The summed E-state index contributed by atoms with van der Waals surface area (Å²) < 4.78 is 0. The van der Waals surface area contributed by atoms with Gasteiger partial charge in [0, 0.05) is 40.0 Å². The van der Waals surface area contributed by atoms with Gasteiger partial charge in [-0.2, -0.15) is 0 Å². The van der Waals surface area contributed by atoms with Crippen LogP contribution in [0, 0.1) is 0 Å². The van der Waals surface area contributed by atoms with Crippen molar-refractivity contribution in [1.29, 1.82) is 0 Å². The van der Waals surface area contributed by atoms with Gasteiger partial charge < -0.3 is 5.11 Å². The number of benzene rings is 2. The van der Waals surface area contributed by atoms with E-state index in [0.717, 1.165) is 39.6 Å². The number of hydrogen-bond donors (Lipinski definition) is 1. The molecular formula is C25H20ClN3O2S. The molecule has 2 aromatic carbocycles. The highest BCUT2D eigenvalue weighted by molar-refractivity contribution is 7.13. The highest BCUT2D eigenvalue weighted by Gasteiger charge is 2.28. The van der Waals surface area contributed by atoms with Crippen molar-refractivity contribution < 1.29 is 9.90 Å². The minimum absolute atomic E-state index is 0.342. The zero-order valence-corrected chi connectivity index (χ0v) is 19.0. The Hall–Kier alpha value is -3.06. The quantitative estimate of drug-likeness (QED) is 0.398. The van der Waals surface area contributed by atoms with Crippen molar-refractivity contribution in [2.24, 2.45) is 0 Å². The van der Waals surface area contributed by atoms with Gasteiger partial charge in [-0.15, -0.1) is 11.3 Å². The van der Waals surface area contributed by atoms with E-state index in [0.29, 0.717) is 34.6 Å². The van der Waals surface area contributed by atoms with Gasteiger partial charge in [0.15, 0.2) is 0 Å². The summed E-state index contributed by atoms with van der Waals surface area (Å²) in [4.78, 5) is 24.1. The molecular weight excluding hydrogens is 442 g/mol. The summed E-state index contributed by atoms with van der Waals surface area (Å²) >= 11 is 7.57. The molecule has 0 saturated carbocycles. The molecule has 0 amide bonds. The van der Waals surface area contributed by atoms with E-state index in [4.69, 9.17) is 21.6 Å². The standard InChI is InChI=1S/C25H20ClN3O2S/c1-2-29-12-16(11-18-14-32-24(27-18)15-7-9-17(26)10-8-15)23-20(13-29)22(25(30)31)19-5-3-4-6-21(19)28-23/h3-11,14H,2,12-13H2,1H3,(H,30,31)/b16-11-. The van der Waals surface area contributed by atoms with Crippen LogP contribution in [-0.2, 0) is 6.54 Å². The first-order valence-corrected chi connectivity index (χ1v) is 11.6. The molecule has 1 aliphatic heterocycles. The maximum atomic E-state index is 12.2. The van der Waals surface area contributed by atoms with Gasteiger partial charge >= 0.3 is 5.97 Å². The van der Waals surface area contributed by atoms with Gasteiger partial charge in [0.25, 0.3) is 0 Å². The Morgan fingerprint density at radius 3 is 2.69 bits per heavy atom. The number of carboxylic acids is 1. The second kappa shape index (κ2) is 8.47. The van der Waals surface area contributed by atoms with Gasteiger partial charge in [-0.25, -0.2) is 14.8 Å². The van der Waals surface area contributed by atoms with E-state index in [-0.39, 0.29) is 0 Å². The van der Waals surface area contributed by atoms with Crippen molar-refractivity contribution in [2.75, 3.05) is 13.1 Å². The Labute approximate surface area is 194 Å². The molecule has 1 N–H and O–H groups in total. The first-order chi connectivity index (χ1) is 15.5. The van der Waals surface area contributed by atoms with Gasteiger partial charge in [0.2, 0.25) is 0 Å². The average Bonchev–Trinajstić information content (AvgIpc) is 3.26. The lowest BCUT2D eigenvalue weighted by Gasteiger charge is -2.30. The molecule has 0 bridgehead atoms. The van der Waals surface area contributed by atoms with Crippen molar-refractivity contribution in [3.63, 3.8) is 0 Å². The highest BCUT2D eigenvalue weighted by Crippen LogP contribution is 2.34. The molecule has 0 saturated heterocycles. The van der Waals surface area contributed by atoms with Crippen LogP contribution >= 0.6 is 22.9 Å². The molecule has 0 spiro atoms. The van der Waals surface area contributed by atoms with Gasteiger partial charge in [-0.05, 0) is 36.4 Å². The Balaban J connectivity index is 1.64. The summed E-state index contributed by atoms with van der Waals surface area (Å²) in [5.74, 6) is -0.921. The molecule has 0 aliphatic carbocycles. The SMILES string of the molecule is CCN1C/C(=C/c2csc(-c3ccc(Cl)cc3)n2)c2nc3ccccc3c(C(=O)O)c2C1. The van der Waals surface area contributed by atoms with E-state index in [1.54, 1.807) is 11.3 Å². The molecule has 0 fully saturated rings. The molecule has 1 aliphatic rings. The summed E-state index contributed by atoms with van der Waals surface area (Å²) in [5, 5.41) is 14.3. The highest BCUT2D eigenvalue weighted by atomic mass is 35.5. The van der Waals surface area contributed by atoms with Crippen LogP contribution in [0.25, 0.3) is 33.1 Å². The van der Waals surface area contributed by atoms with Crippen LogP contribution in [0.15, 0.2) is 53.9 Å². The van der Waals surface area contributed by atoms with Crippen molar-refractivity contribution in [3.8, 4) is 10.6 Å². The fraction of sp³-hybridized carbons (Fsp3) is 0.160. The second-order valence-corrected chi connectivity index (χ2v) is 8.99. The lowest BCUT2D eigenvalue weighted by atomic mass is 9.92. The smallest absolute Gasteiger partial charge is 0.336 e. The minimum atomic E-state index is -0.921. The number of thiazole rings is 1. The first-order valence-electron chi connectivity index (χ1n) is 10.3. The molecule has 0 atom stereocenters. The molecule has 7 heteroatoms. The third kappa shape index (κ3) is 3.81. The van der Waals surface area contributed by atoms with Crippen molar-refractivity contribution >= 4 is 51.5 Å². The molecule has 0 unspecified atom stereocenters. The molecule has 5 nitrogen and oxygen atoms in total. The number of aromatic nitrogens is 2. The fourth-order valence-electron chi connectivity index (χ4n) is 4.10. The normalized spacial score (nSPS) is 15.2. The van der Waals surface area contributed by atoms with E-state index < -0.39 is 5.97 Å². The lowest BCUT2D eigenvalue weighted by Crippen LogP contribution is -2.31. The Bertz CT molecular complexity index is 1360. The summed E-state index contributed by atoms with van der Waals surface area (Å²) in [5.41, 5.74) is 5.39. The summed E-state index contributed by atoms with van der Waals surface area (Å²) in [6.45, 7) is 4.16. The van der Waals surface area contributed by atoms with Gasteiger partial charge in [-0.3, -0.25) is 4.90 Å². The number of nitrogens with zero attached hydrogens (tertiary/aromatic N) is 3. The topological polar surface area (TPSA) is 66.3 Å². The van der Waals surface area contributed by atoms with E-state index in [1.165, 1.54) is 0 Å². The minimum Gasteiger partial charge on any atom is -0.478 e. The van der Waals surface area contributed by atoms with E-state index in [9.17, 15) is 9.90 Å². The van der Waals surface area contributed by atoms with Gasteiger partial charge in [0.05, 0.1) is 22.5 Å². The molecule has 4 aromatic rings. The lowest BCUT2D eigenvalue weighted by molar-refractivity contribution is 0.0696. The summed E-state index contributed by atoms with van der Waals surface area (Å²) in [6.07, 6.45) is 2.03. The number of carbonyl (C=O) groups is 1. The van der Waals surface area contributed by atoms with Crippen molar-refractivity contribution in [1.82, 2.24) is 14.9 Å². The molecule has 0 radical (unpaired) electrons. The number of para-hydroxylation sites is 1. The molecule has 32 heavy (non-hydrogen) atoms. The van der Waals surface area contributed by atoms with Gasteiger partial charge in [-0.1, -0.05) is 48.9 Å². The average molecular weight is 462 g/mol. The number of halogens is 1. The maximum absolute atomic E-state index is 12.2. The van der Waals surface area contributed by atoms with Crippen LogP contribution in [0.1, 0.15) is 34.2 Å². The number of hydrogen-bond acceptors (Lipinski definition) is 5. The number of likely N-dealkylation sites (N-methyl/N-ethyl adjacent to an activating group) is 1. The van der Waals surface area contributed by atoms with Crippen molar-refractivity contribution in [3.05, 3.63) is 81.4 Å². The molecule has 2 aromatic heterocycles. The predicted molar refractivity (Wildman–Crippen MR) is 130 cm³/mol. The number of fused-ring (bicyclic) bond motifs is 2. The molecule has 160 valence electrons. The monoisotopic (exact) mass is 461 g/mol. The number of carboxylic acid groups (broad SMARTS) is 1. The van der Waals surface area contributed by atoms with Crippen LogP contribution in [0.2, 0.25) is 5.02 Å².